The van der Waals surface area contributed by atoms with Crippen LogP contribution in [-0.4, -0.2) is 48.6 Å². The van der Waals surface area contributed by atoms with E-state index in [1.807, 2.05) is 0 Å². The molecule has 1 rings (SSSR count). The van der Waals surface area contributed by atoms with Crippen LogP contribution in [0.3, 0.4) is 0 Å². The van der Waals surface area contributed by atoms with Crippen LogP contribution in [0.1, 0.15) is 57.7 Å². The number of hydrogen-bond acceptors (Lipinski definition) is 4. The smallest absolute Gasteiger partial charge is 0.191 e. The van der Waals surface area contributed by atoms with E-state index in [1.54, 1.807) is 11.3 Å². The van der Waals surface area contributed by atoms with Gasteiger partial charge in [-0.15, -0.1) is 11.3 Å². The fourth-order valence-electron chi connectivity index (χ4n) is 2.03. The van der Waals surface area contributed by atoms with Gasteiger partial charge in [0, 0.05) is 31.1 Å². The number of aromatic nitrogens is 1. The van der Waals surface area contributed by atoms with Crippen molar-refractivity contribution in [1.29, 1.82) is 0 Å². The van der Waals surface area contributed by atoms with Gasteiger partial charge in [-0.1, -0.05) is 20.8 Å². The molecule has 0 saturated heterocycles. The van der Waals surface area contributed by atoms with Crippen LogP contribution in [-0.2, 0) is 6.54 Å². The Bertz CT molecular complexity index is 469. The number of nitrogens with one attached hydrogen (secondary N) is 2. The van der Waals surface area contributed by atoms with Gasteiger partial charge in [0.2, 0.25) is 0 Å². The third-order valence-corrected chi connectivity index (χ3v) is 4.83. The first-order chi connectivity index (χ1) is 11.0. The molecule has 0 aliphatic carbocycles. The summed E-state index contributed by atoms with van der Waals surface area (Å²) < 4.78 is 0. The van der Waals surface area contributed by atoms with Crippen LogP contribution >= 0.6 is 11.3 Å². The maximum atomic E-state index is 4.64. The second-order valence-corrected chi connectivity index (χ2v) is 7.12. The van der Waals surface area contributed by atoms with Crippen molar-refractivity contribution >= 4 is 17.3 Å². The van der Waals surface area contributed by atoms with Gasteiger partial charge < -0.3 is 15.5 Å². The first kappa shape index (κ1) is 19.9. The molecular formula is C17H33N5S. The molecule has 1 atom stereocenters. The lowest BCUT2D eigenvalue weighted by molar-refractivity contribution is 0.255. The number of rotatable bonds is 9. The SMILES string of the molecule is CCNC(=NCc1nc(C(C)C)cs1)NCCN(C)C(C)CC. The lowest BCUT2D eigenvalue weighted by Gasteiger charge is -2.23. The number of hydrogen-bond donors (Lipinski definition) is 2. The largest absolute Gasteiger partial charge is 0.357 e. The fraction of sp³-hybridized carbons (Fsp3) is 0.765. The van der Waals surface area contributed by atoms with Gasteiger partial charge >= 0.3 is 0 Å². The van der Waals surface area contributed by atoms with E-state index >= 15 is 0 Å². The molecule has 0 saturated carbocycles. The van der Waals surface area contributed by atoms with Crippen LogP contribution in [0.4, 0.5) is 0 Å². The molecule has 132 valence electrons. The van der Waals surface area contributed by atoms with Crippen LogP contribution < -0.4 is 10.6 Å². The molecule has 23 heavy (non-hydrogen) atoms. The predicted molar refractivity (Wildman–Crippen MR) is 101 cm³/mol. The van der Waals surface area contributed by atoms with Gasteiger partial charge in [0.25, 0.3) is 0 Å². The van der Waals surface area contributed by atoms with E-state index in [1.165, 1.54) is 6.42 Å². The van der Waals surface area contributed by atoms with E-state index < -0.39 is 0 Å². The van der Waals surface area contributed by atoms with E-state index in [-0.39, 0.29) is 0 Å². The van der Waals surface area contributed by atoms with Crippen molar-refractivity contribution in [1.82, 2.24) is 20.5 Å². The molecule has 0 aliphatic heterocycles. The zero-order valence-electron chi connectivity index (χ0n) is 15.5. The van der Waals surface area contributed by atoms with Gasteiger partial charge in [0.1, 0.15) is 5.01 Å². The van der Waals surface area contributed by atoms with E-state index in [9.17, 15) is 0 Å². The first-order valence-electron chi connectivity index (χ1n) is 8.64. The van der Waals surface area contributed by atoms with Gasteiger partial charge in [-0.3, -0.25) is 0 Å². The number of aliphatic imine (C=N–C) groups is 1. The Kier molecular flexibility index (Phi) is 9.17. The molecule has 2 N–H and O–H groups in total. The molecule has 0 bridgehead atoms. The van der Waals surface area contributed by atoms with Crippen molar-refractivity contribution in [3.05, 3.63) is 16.1 Å². The maximum absolute atomic E-state index is 4.64. The Hall–Kier alpha value is -1.14. The lowest BCUT2D eigenvalue weighted by atomic mass is 10.2. The standard InChI is InChI=1S/C17H33N5S/c1-7-14(5)22(6)10-9-19-17(18-8-2)20-11-16-21-15(12-23-16)13(3)4/h12-14H,7-11H2,1-6H3,(H2,18,19,20). The summed E-state index contributed by atoms with van der Waals surface area (Å²) in [6.45, 7) is 14.3. The van der Waals surface area contributed by atoms with E-state index in [4.69, 9.17) is 0 Å². The molecule has 0 radical (unpaired) electrons. The van der Waals surface area contributed by atoms with Crippen LogP contribution in [0.25, 0.3) is 0 Å². The highest BCUT2D eigenvalue weighted by Crippen LogP contribution is 2.18. The van der Waals surface area contributed by atoms with E-state index in [0.717, 1.165) is 36.3 Å². The summed E-state index contributed by atoms with van der Waals surface area (Å²) in [7, 11) is 2.17. The second-order valence-electron chi connectivity index (χ2n) is 6.18. The minimum atomic E-state index is 0.478. The molecule has 1 aromatic rings. The minimum absolute atomic E-state index is 0.478. The van der Waals surface area contributed by atoms with Crippen LogP contribution in [0.2, 0.25) is 0 Å². The lowest BCUT2D eigenvalue weighted by Crippen LogP contribution is -2.42. The molecule has 0 aliphatic rings. The molecule has 1 unspecified atom stereocenters. The predicted octanol–water partition coefficient (Wildman–Crippen LogP) is 3.05. The summed E-state index contributed by atoms with van der Waals surface area (Å²) in [4.78, 5) is 11.6. The molecule has 5 nitrogen and oxygen atoms in total. The average molecular weight is 340 g/mol. The van der Waals surface area contributed by atoms with E-state index in [0.29, 0.717) is 18.5 Å². The number of likely N-dealkylation sites (N-methyl/N-ethyl adjacent to an activating group) is 1. The Labute approximate surface area is 145 Å². The van der Waals surface area contributed by atoms with Crippen molar-refractivity contribution in [2.24, 2.45) is 4.99 Å². The number of thiazole rings is 1. The van der Waals surface area contributed by atoms with Crippen molar-refractivity contribution in [3.8, 4) is 0 Å². The summed E-state index contributed by atoms with van der Waals surface area (Å²) in [5.41, 5.74) is 1.16. The first-order valence-corrected chi connectivity index (χ1v) is 9.52. The monoisotopic (exact) mass is 339 g/mol. The highest BCUT2D eigenvalue weighted by atomic mass is 32.1. The fourth-order valence-corrected chi connectivity index (χ4v) is 2.91. The quantitative estimate of drug-likeness (QED) is 0.536. The summed E-state index contributed by atoms with van der Waals surface area (Å²) in [6.07, 6.45) is 1.17. The number of guanidine groups is 1. The zero-order chi connectivity index (χ0) is 17.2. The second kappa shape index (κ2) is 10.6. The highest BCUT2D eigenvalue weighted by molar-refractivity contribution is 7.09. The van der Waals surface area contributed by atoms with Crippen LogP contribution in [0, 0.1) is 0 Å². The van der Waals surface area contributed by atoms with Gasteiger partial charge in [-0.2, -0.15) is 0 Å². The van der Waals surface area contributed by atoms with Crippen molar-refractivity contribution in [2.45, 2.75) is 59.5 Å². The average Bonchev–Trinajstić information content (AvgIpc) is 3.00. The van der Waals surface area contributed by atoms with E-state index in [2.05, 4.69) is 72.6 Å². The summed E-state index contributed by atoms with van der Waals surface area (Å²) in [6, 6.07) is 0.612. The zero-order valence-corrected chi connectivity index (χ0v) is 16.3. The topological polar surface area (TPSA) is 52.6 Å². The van der Waals surface area contributed by atoms with Crippen molar-refractivity contribution in [3.63, 3.8) is 0 Å². The molecule has 0 amide bonds. The molecule has 0 spiro atoms. The van der Waals surface area contributed by atoms with Gasteiger partial charge in [-0.05, 0) is 33.2 Å². The molecule has 0 aromatic carbocycles. The van der Waals surface area contributed by atoms with Crippen LogP contribution in [0.15, 0.2) is 10.4 Å². The Balaban J connectivity index is 2.49. The van der Waals surface area contributed by atoms with Gasteiger partial charge in [-0.25, -0.2) is 9.98 Å². The summed E-state index contributed by atoms with van der Waals surface area (Å²) in [5.74, 6) is 1.35. The third-order valence-electron chi connectivity index (χ3n) is 3.98. The van der Waals surface area contributed by atoms with Gasteiger partial charge in [0.05, 0.1) is 12.2 Å². The highest BCUT2D eigenvalue weighted by Gasteiger charge is 2.07. The van der Waals surface area contributed by atoms with Crippen molar-refractivity contribution < 1.29 is 0 Å². The molecule has 6 heteroatoms. The third kappa shape index (κ3) is 7.31. The Morgan fingerprint density at radius 1 is 1.30 bits per heavy atom. The molecule has 1 aromatic heterocycles. The minimum Gasteiger partial charge on any atom is -0.357 e. The summed E-state index contributed by atoms with van der Waals surface area (Å²) >= 11 is 1.69. The number of nitrogens with zero attached hydrogens (tertiary/aromatic N) is 3. The molecule has 0 fully saturated rings. The maximum Gasteiger partial charge on any atom is 0.191 e. The van der Waals surface area contributed by atoms with Crippen LogP contribution in [0.5, 0.6) is 0 Å². The molecule has 1 heterocycles. The summed E-state index contributed by atoms with van der Waals surface area (Å²) in [5, 5.41) is 9.91. The Morgan fingerprint density at radius 3 is 2.61 bits per heavy atom. The Morgan fingerprint density at radius 2 is 2.04 bits per heavy atom. The normalized spacial score (nSPS) is 13.7. The van der Waals surface area contributed by atoms with Gasteiger partial charge in [0.15, 0.2) is 5.96 Å². The molecular weight excluding hydrogens is 306 g/mol. The van der Waals surface area contributed by atoms with Crippen molar-refractivity contribution in [2.75, 3.05) is 26.7 Å².